The van der Waals surface area contributed by atoms with Crippen molar-refractivity contribution in [2.75, 3.05) is 7.11 Å². The molecule has 0 aliphatic carbocycles. The number of imidazole rings is 1. The fourth-order valence-electron chi connectivity index (χ4n) is 1.40. The molecule has 0 unspecified atom stereocenters. The second-order valence-electron chi connectivity index (χ2n) is 2.90. The van der Waals surface area contributed by atoms with Crippen molar-refractivity contribution in [3.8, 4) is 0 Å². The van der Waals surface area contributed by atoms with Gasteiger partial charge in [0, 0.05) is 12.4 Å². The number of esters is 1. The number of nitrogens with zero attached hydrogens (tertiary/aromatic N) is 2. The number of rotatable bonds is 2. The Hall–Kier alpha value is -2.17. The van der Waals surface area contributed by atoms with Crippen LogP contribution in [-0.4, -0.2) is 28.7 Å². The van der Waals surface area contributed by atoms with Crippen LogP contribution in [0, 0.1) is 0 Å². The molecule has 0 spiro atoms. The molecule has 0 bridgehead atoms. The second kappa shape index (κ2) is 3.53. The summed E-state index contributed by atoms with van der Waals surface area (Å²) in [4.78, 5) is 26.1. The second-order valence-corrected chi connectivity index (χ2v) is 2.90. The minimum absolute atomic E-state index is 0.343. The van der Waals surface area contributed by atoms with Crippen LogP contribution in [0.1, 0.15) is 20.8 Å². The highest BCUT2D eigenvalue weighted by molar-refractivity contribution is 5.91. The van der Waals surface area contributed by atoms with Crippen molar-refractivity contribution < 1.29 is 14.3 Å². The highest BCUT2D eigenvalue weighted by atomic mass is 16.5. The van der Waals surface area contributed by atoms with Gasteiger partial charge in [-0.1, -0.05) is 0 Å². The van der Waals surface area contributed by atoms with E-state index < -0.39 is 5.97 Å². The minimum atomic E-state index is -0.463. The van der Waals surface area contributed by atoms with E-state index >= 15 is 0 Å². The van der Waals surface area contributed by atoms with E-state index in [1.165, 1.54) is 23.8 Å². The van der Waals surface area contributed by atoms with Gasteiger partial charge in [-0.15, -0.1) is 0 Å². The lowest BCUT2D eigenvalue weighted by molar-refractivity contribution is 0.0592. The maximum Gasteiger partial charge on any atom is 0.355 e. The summed E-state index contributed by atoms with van der Waals surface area (Å²) in [6.45, 7) is 0. The largest absolute Gasteiger partial charge is 0.464 e. The molecule has 0 aromatic carbocycles. The molecular formula is C10H8N2O3. The van der Waals surface area contributed by atoms with Gasteiger partial charge in [0.15, 0.2) is 6.29 Å². The summed E-state index contributed by atoms with van der Waals surface area (Å²) in [5.41, 5.74) is 1.23. The SMILES string of the molecule is COC(=O)c1ccc(C=O)c2nccn12. The third kappa shape index (κ3) is 1.38. The van der Waals surface area contributed by atoms with Crippen molar-refractivity contribution in [2.24, 2.45) is 0 Å². The molecule has 0 saturated heterocycles. The topological polar surface area (TPSA) is 60.7 Å². The highest BCUT2D eigenvalue weighted by Crippen LogP contribution is 2.11. The molecule has 0 N–H and O–H groups in total. The average Bonchev–Trinajstić information content (AvgIpc) is 2.75. The van der Waals surface area contributed by atoms with Crippen molar-refractivity contribution in [2.45, 2.75) is 0 Å². The molecule has 0 amide bonds. The Labute approximate surface area is 85.3 Å². The molecule has 2 aromatic rings. The predicted molar refractivity (Wildman–Crippen MR) is 51.9 cm³/mol. The van der Waals surface area contributed by atoms with Gasteiger partial charge in [0.2, 0.25) is 0 Å². The van der Waals surface area contributed by atoms with Crippen LogP contribution in [0.15, 0.2) is 24.5 Å². The van der Waals surface area contributed by atoms with Crippen LogP contribution in [0.2, 0.25) is 0 Å². The molecule has 76 valence electrons. The molecule has 5 nitrogen and oxygen atoms in total. The van der Waals surface area contributed by atoms with Crippen LogP contribution in [0.25, 0.3) is 5.65 Å². The number of carbonyl (C=O) groups is 2. The van der Waals surface area contributed by atoms with Gasteiger partial charge >= 0.3 is 5.97 Å². The fraction of sp³-hybridized carbons (Fsp3) is 0.100. The lowest BCUT2D eigenvalue weighted by Gasteiger charge is -2.03. The number of carbonyl (C=O) groups excluding carboxylic acids is 2. The molecule has 0 aliphatic heterocycles. The van der Waals surface area contributed by atoms with Crippen LogP contribution >= 0.6 is 0 Å². The first-order chi connectivity index (χ1) is 7.27. The summed E-state index contributed by atoms with van der Waals surface area (Å²) in [6.07, 6.45) is 3.83. The predicted octanol–water partition coefficient (Wildman–Crippen LogP) is 0.933. The maximum atomic E-state index is 11.4. The molecule has 0 atom stereocenters. The average molecular weight is 204 g/mol. The lowest BCUT2D eigenvalue weighted by atomic mass is 10.2. The smallest absolute Gasteiger partial charge is 0.355 e. The molecule has 0 radical (unpaired) electrons. The van der Waals surface area contributed by atoms with E-state index in [0.29, 0.717) is 23.2 Å². The summed E-state index contributed by atoms with van der Waals surface area (Å²) in [6, 6.07) is 3.08. The number of aromatic nitrogens is 2. The Morgan fingerprint density at radius 3 is 3.00 bits per heavy atom. The Bertz CT molecular complexity index is 530. The summed E-state index contributed by atoms with van der Waals surface area (Å²) in [7, 11) is 1.30. The zero-order valence-electron chi connectivity index (χ0n) is 8.01. The van der Waals surface area contributed by atoms with Crippen molar-refractivity contribution in [1.29, 1.82) is 0 Å². The van der Waals surface area contributed by atoms with E-state index in [1.54, 1.807) is 12.3 Å². The van der Waals surface area contributed by atoms with E-state index in [2.05, 4.69) is 9.72 Å². The first-order valence-corrected chi connectivity index (χ1v) is 4.27. The van der Waals surface area contributed by atoms with Gasteiger partial charge in [-0.05, 0) is 12.1 Å². The lowest BCUT2D eigenvalue weighted by Crippen LogP contribution is -2.08. The van der Waals surface area contributed by atoms with Gasteiger partial charge in [0.1, 0.15) is 11.3 Å². The minimum Gasteiger partial charge on any atom is -0.464 e. The van der Waals surface area contributed by atoms with E-state index in [-0.39, 0.29) is 0 Å². The number of fused-ring (bicyclic) bond motifs is 1. The number of methoxy groups -OCH3 is 1. The zero-order chi connectivity index (χ0) is 10.8. The number of pyridine rings is 1. The first-order valence-electron chi connectivity index (χ1n) is 4.27. The standard InChI is InChI=1S/C10H8N2O3/c1-15-10(14)8-3-2-7(6-13)9-11-4-5-12(8)9/h2-6H,1H3. The number of hydrogen-bond acceptors (Lipinski definition) is 4. The Morgan fingerprint density at radius 2 is 2.33 bits per heavy atom. The van der Waals surface area contributed by atoms with Gasteiger partial charge in [-0.3, -0.25) is 9.20 Å². The normalized spacial score (nSPS) is 10.2. The van der Waals surface area contributed by atoms with E-state index in [1.807, 2.05) is 0 Å². The molecule has 0 aliphatic rings. The summed E-state index contributed by atoms with van der Waals surface area (Å²) >= 11 is 0. The number of hydrogen-bond donors (Lipinski definition) is 0. The van der Waals surface area contributed by atoms with Crippen molar-refractivity contribution >= 4 is 17.9 Å². The van der Waals surface area contributed by atoms with E-state index in [0.717, 1.165) is 0 Å². The van der Waals surface area contributed by atoms with Crippen LogP contribution in [0.5, 0.6) is 0 Å². The van der Waals surface area contributed by atoms with Gasteiger partial charge < -0.3 is 4.74 Å². The van der Waals surface area contributed by atoms with Crippen LogP contribution in [-0.2, 0) is 4.74 Å². The monoisotopic (exact) mass is 204 g/mol. The van der Waals surface area contributed by atoms with Gasteiger partial charge in [0.25, 0.3) is 0 Å². The van der Waals surface area contributed by atoms with Gasteiger partial charge in [-0.2, -0.15) is 0 Å². The van der Waals surface area contributed by atoms with Crippen LogP contribution in [0.4, 0.5) is 0 Å². The van der Waals surface area contributed by atoms with Gasteiger partial charge in [-0.25, -0.2) is 9.78 Å². The van der Waals surface area contributed by atoms with Crippen molar-refractivity contribution in [3.05, 3.63) is 35.8 Å². The van der Waals surface area contributed by atoms with Crippen molar-refractivity contribution in [1.82, 2.24) is 9.38 Å². The number of ether oxygens (including phenoxy) is 1. The Kier molecular flexibility index (Phi) is 2.21. The van der Waals surface area contributed by atoms with E-state index in [4.69, 9.17) is 0 Å². The van der Waals surface area contributed by atoms with Crippen molar-refractivity contribution in [3.63, 3.8) is 0 Å². The third-order valence-corrected chi connectivity index (χ3v) is 2.10. The Morgan fingerprint density at radius 1 is 1.53 bits per heavy atom. The third-order valence-electron chi connectivity index (χ3n) is 2.10. The summed E-state index contributed by atoms with van der Waals surface area (Å²) in [5, 5.41) is 0. The Balaban J connectivity index is 2.73. The summed E-state index contributed by atoms with van der Waals surface area (Å²) < 4.78 is 6.13. The molecule has 0 fully saturated rings. The zero-order valence-corrected chi connectivity index (χ0v) is 8.01. The molecule has 2 heterocycles. The molecule has 2 aromatic heterocycles. The molecular weight excluding hydrogens is 196 g/mol. The summed E-state index contributed by atoms with van der Waals surface area (Å²) in [5.74, 6) is -0.463. The molecule has 15 heavy (non-hydrogen) atoms. The van der Waals surface area contributed by atoms with Crippen LogP contribution < -0.4 is 0 Å². The molecule has 2 rings (SSSR count). The number of aldehydes is 1. The highest BCUT2D eigenvalue weighted by Gasteiger charge is 2.12. The van der Waals surface area contributed by atoms with E-state index in [9.17, 15) is 9.59 Å². The van der Waals surface area contributed by atoms with Crippen LogP contribution in [0.3, 0.4) is 0 Å². The van der Waals surface area contributed by atoms with Gasteiger partial charge in [0.05, 0.1) is 12.7 Å². The fourth-order valence-corrected chi connectivity index (χ4v) is 1.40. The molecule has 0 saturated carbocycles. The first kappa shape index (κ1) is 9.39. The maximum absolute atomic E-state index is 11.4. The molecule has 5 heteroatoms. The quantitative estimate of drug-likeness (QED) is 0.539.